The molecule has 7 nitrogen and oxygen atoms in total. The van der Waals surface area contributed by atoms with Crippen LogP contribution in [0.4, 0.5) is 5.69 Å². The summed E-state index contributed by atoms with van der Waals surface area (Å²) >= 11 is 0. The standard InChI is InChI=1S/C31H35N3O4/c1-19-8-12-21(13-9-19)18-34-27(29(36)33-22-6-4-3-5-7-22)31-17-16-24(38-31)25(26(31)30(34)37)28(35)32-23-14-10-20(2)11-15-23/h8-17,22,24-27H,3-7,18H2,1-2H3,(H,32,35)(H,33,36)/t24-,25?,26-,27?,31?/m1/s1. The van der Waals surface area contributed by atoms with E-state index >= 15 is 0 Å². The molecule has 5 atom stereocenters. The third-order valence-corrected chi connectivity index (χ3v) is 8.67. The Morgan fingerprint density at radius 1 is 0.947 bits per heavy atom. The maximum atomic E-state index is 14.1. The van der Waals surface area contributed by atoms with Crippen LogP contribution in [0.2, 0.25) is 0 Å². The number of benzene rings is 2. The van der Waals surface area contributed by atoms with E-state index in [4.69, 9.17) is 4.74 Å². The van der Waals surface area contributed by atoms with Gasteiger partial charge in [-0.15, -0.1) is 0 Å². The number of hydrogen-bond acceptors (Lipinski definition) is 4. The van der Waals surface area contributed by atoms with Crippen molar-refractivity contribution in [3.8, 4) is 0 Å². The normalized spacial score (nSPS) is 29.9. The fourth-order valence-corrected chi connectivity index (χ4v) is 6.72. The Morgan fingerprint density at radius 3 is 2.29 bits per heavy atom. The van der Waals surface area contributed by atoms with E-state index in [-0.39, 0.29) is 30.3 Å². The monoisotopic (exact) mass is 513 g/mol. The number of carbonyl (C=O) groups excluding carboxylic acids is 3. The molecule has 3 heterocycles. The molecule has 1 spiro atoms. The molecule has 2 saturated heterocycles. The lowest BCUT2D eigenvalue weighted by molar-refractivity contribution is -0.142. The van der Waals surface area contributed by atoms with Crippen LogP contribution >= 0.6 is 0 Å². The molecule has 1 aliphatic carbocycles. The molecule has 1 saturated carbocycles. The largest absolute Gasteiger partial charge is 0.359 e. The number of nitrogens with zero attached hydrogens (tertiary/aromatic N) is 1. The molecule has 0 radical (unpaired) electrons. The molecule has 6 rings (SSSR count). The number of hydrogen-bond donors (Lipinski definition) is 2. The third kappa shape index (κ3) is 4.23. The van der Waals surface area contributed by atoms with E-state index in [1.165, 1.54) is 6.42 Å². The first-order valence-electron chi connectivity index (χ1n) is 13.8. The molecule has 4 aliphatic rings. The average Bonchev–Trinajstić information content (AvgIpc) is 3.55. The molecule has 38 heavy (non-hydrogen) atoms. The summed E-state index contributed by atoms with van der Waals surface area (Å²) in [4.78, 5) is 43.3. The molecule has 3 aliphatic heterocycles. The number of anilines is 1. The van der Waals surface area contributed by atoms with E-state index in [0.717, 1.165) is 42.4 Å². The van der Waals surface area contributed by atoms with Crippen molar-refractivity contribution in [1.29, 1.82) is 0 Å². The number of fused-ring (bicyclic) bond motifs is 1. The van der Waals surface area contributed by atoms with E-state index in [9.17, 15) is 14.4 Å². The van der Waals surface area contributed by atoms with Crippen LogP contribution in [0.1, 0.15) is 48.8 Å². The molecule has 3 amide bonds. The zero-order chi connectivity index (χ0) is 26.4. The van der Waals surface area contributed by atoms with Gasteiger partial charge in [0.2, 0.25) is 17.7 Å². The molecule has 2 N–H and O–H groups in total. The molecule has 3 fully saturated rings. The van der Waals surface area contributed by atoms with Crippen molar-refractivity contribution in [3.63, 3.8) is 0 Å². The van der Waals surface area contributed by atoms with Gasteiger partial charge in [0.25, 0.3) is 0 Å². The molecule has 3 unspecified atom stereocenters. The highest BCUT2D eigenvalue weighted by atomic mass is 16.5. The van der Waals surface area contributed by atoms with Crippen molar-refractivity contribution in [2.45, 2.75) is 76.3 Å². The van der Waals surface area contributed by atoms with Gasteiger partial charge in [0, 0.05) is 18.3 Å². The summed E-state index contributed by atoms with van der Waals surface area (Å²) in [5.74, 6) is -2.11. The summed E-state index contributed by atoms with van der Waals surface area (Å²) in [5, 5.41) is 6.22. The number of aryl methyl sites for hydroxylation is 2. The first-order chi connectivity index (χ1) is 18.4. The maximum Gasteiger partial charge on any atom is 0.246 e. The SMILES string of the molecule is Cc1ccc(CN2C(=O)[C@H]3C(C(=O)Nc4ccc(C)cc4)[C@H]4C=CC3(O4)C2C(=O)NC2CCCCC2)cc1. The number of likely N-dealkylation sites (tertiary alicyclic amines) is 1. The van der Waals surface area contributed by atoms with E-state index < -0.39 is 29.6 Å². The first kappa shape index (κ1) is 24.9. The van der Waals surface area contributed by atoms with Gasteiger partial charge in [-0.05, 0) is 44.4 Å². The average molecular weight is 514 g/mol. The van der Waals surface area contributed by atoms with E-state index in [0.29, 0.717) is 5.69 Å². The summed E-state index contributed by atoms with van der Waals surface area (Å²) in [6.45, 7) is 4.29. The van der Waals surface area contributed by atoms with Gasteiger partial charge in [-0.3, -0.25) is 14.4 Å². The van der Waals surface area contributed by atoms with E-state index in [1.807, 2.05) is 74.5 Å². The minimum Gasteiger partial charge on any atom is -0.359 e. The van der Waals surface area contributed by atoms with Crippen LogP contribution in [-0.2, 0) is 25.7 Å². The van der Waals surface area contributed by atoms with Gasteiger partial charge in [0.05, 0.1) is 17.9 Å². The van der Waals surface area contributed by atoms with Crippen molar-refractivity contribution >= 4 is 23.4 Å². The Balaban J connectivity index is 1.32. The first-order valence-corrected chi connectivity index (χ1v) is 13.8. The summed E-state index contributed by atoms with van der Waals surface area (Å²) in [6, 6.07) is 14.8. The maximum absolute atomic E-state index is 14.1. The second-order valence-electron chi connectivity index (χ2n) is 11.4. The van der Waals surface area contributed by atoms with Gasteiger partial charge < -0.3 is 20.3 Å². The van der Waals surface area contributed by atoms with Crippen molar-refractivity contribution in [3.05, 3.63) is 77.4 Å². The van der Waals surface area contributed by atoms with E-state index in [2.05, 4.69) is 10.6 Å². The van der Waals surface area contributed by atoms with Crippen LogP contribution in [0.5, 0.6) is 0 Å². The van der Waals surface area contributed by atoms with Gasteiger partial charge in [0.15, 0.2) is 0 Å². The Bertz CT molecular complexity index is 1270. The highest BCUT2D eigenvalue weighted by Gasteiger charge is 2.72. The van der Waals surface area contributed by atoms with Crippen LogP contribution in [0, 0.1) is 25.7 Å². The smallest absolute Gasteiger partial charge is 0.246 e. The van der Waals surface area contributed by atoms with Crippen LogP contribution in [-0.4, -0.2) is 46.4 Å². The lowest BCUT2D eigenvalue weighted by atomic mass is 9.74. The molecule has 198 valence electrons. The molecule has 2 aromatic rings. The van der Waals surface area contributed by atoms with Crippen molar-refractivity contribution in [2.24, 2.45) is 11.8 Å². The minimum absolute atomic E-state index is 0.103. The summed E-state index contributed by atoms with van der Waals surface area (Å²) < 4.78 is 6.46. The topological polar surface area (TPSA) is 87.7 Å². The van der Waals surface area contributed by atoms with E-state index in [1.54, 1.807) is 4.90 Å². The summed E-state index contributed by atoms with van der Waals surface area (Å²) in [6.07, 6.45) is 8.45. The third-order valence-electron chi connectivity index (χ3n) is 8.67. The zero-order valence-corrected chi connectivity index (χ0v) is 22.0. The second kappa shape index (κ2) is 9.70. The number of carbonyl (C=O) groups is 3. The summed E-state index contributed by atoms with van der Waals surface area (Å²) in [5.41, 5.74) is 2.68. The lowest BCUT2D eigenvalue weighted by Crippen LogP contribution is -2.56. The second-order valence-corrected chi connectivity index (χ2v) is 11.4. The number of ether oxygens (including phenoxy) is 1. The van der Waals surface area contributed by atoms with Crippen molar-refractivity contribution < 1.29 is 19.1 Å². The summed E-state index contributed by atoms with van der Waals surface area (Å²) in [7, 11) is 0. The van der Waals surface area contributed by atoms with Gasteiger partial charge in [-0.2, -0.15) is 0 Å². The molecule has 2 bridgehead atoms. The quantitative estimate of drug-likeness (QED) is 0.571. The highest BCUT2D eigenvalue weighted by molar-refractivity contribution is 6.02. The highest BCUT2D eigenvalue weighted by Crippen LogP contribution is 2.55. The van der Waals surface area contributed by atoms with Gasteiger partial charge in [-0.25, -0.2) is 0 Å². The van der Waals surface area contributed by atoms with Crippen molar-refractivity contribution in [1.82, 2.24) is 10.2 Å². The number of rotatable bonds is 6. The minimum atomic E-state index is -1.15. The van der Waals surface area contributed by atoms with Crippen LogP contribution in [0.25, 0.3) is 0 Å². The number of nitrogens with one attached hydrogen (secondary N) is 2. The Kier molecular flexibility index (Phi) is 6.34. The zero-order valence-electron chi connectivity index (χ0n) is 22.0. The predicted octanol–water partition coefficient (Wildman–Crippen LogP) is 4.04. The fraction of sp³-hybridized carbons (Fsp3) is 0.452. The molecular weight excluding hydrogens is 478 g/mol. The molecular formula is C31H35N3O4. The van der Waals surface area contributed by atoms with Crippen LogP contribution in [0.15, 0.2) is 60.7 Å². The van der Waals surface area contributed by atoms with Gasteiger partial charge >= 0.3 is 0 Å². The Morgan fingerprint density at radius 2 is 1.61 bits per heavy atom. The Hall–Kier alpha value is -3.45. The van der Waals surface area contributed by atoms with Crippen molar-refractivity contribution in [2.75, 3.05) is 5.32 Å². The fourth-order valence-electron chi connectivity index (χ4n) is 6.72. The molecule has 2 aromatic carbocycles. The lowest BCUT2D eigenvalue weighted by Gasteiger charge is -2.34. The Labute approximate surface area is 223 Å². The number of amides is 3. The molecule has 7 heteroatoms. The van der Waals surface area contributed by atoms with Crippen LogP contribution in [0.3, 0.4) is 0 Å². The molecule has 0 aromatic heterocycles. The van der Waals surface area contributed by atoms with Gasteiger partial charge in [-0.1, -0.05) is 78.9 Å². The van der Waals surface area contributed by atoms with Crippen LogP contribution < -0.4 is 10.6 Å². The predicted molar refractivity (Wildman–Crippen MR) is 144 cm³/mol. The van der Waals surface area contributed by atoms with Gasteiger partial charge in [0.1, 0.15) is 11.6 Å².